The third kappa shape index (κ3) is 4.86. The molecule has 0 aliphatic rings. The number of aryl methyl sites for hydroxylation is 2. The second-order valence-electron chi connectivity index (χ2n) is 7.41. The van der Waals surface area contributed by atoms with Crippen molar-refractivity contribution in [3.63, 3.8) is 0 Å². The number of hydrogen-bond donors (Lipinski definition) is 2. The number of rotatable bonds is 7. The lowest BCUT2D eigenvalue weighted by atomic mass is 10.0. The van der Waals surface area contributed by atoms with Gasteiger partial charge in [0.1, 0.15) is 22.8 Å². The molecule has 1 amide bonds. The number of nitrogens with one attached hydrogen (secondary N) is 1. The number of imidazole rings is 1. The Kier molecular flexibility index (Phi) is 5.65. The predicted octanol–water partition coefficient (Wildman–Crippen LogP) is 3.39. The van der Waals surface area contributed by atoms with Crippen molar-refractivity contribution in [1.29, 1.82) is 0 Å². The van der Waals surface area contributed by atoms with E-state index in [-0.39, 0.29) is 5.91 Å². The van der Waals surface area contributed by atoms with Crippen LogP contribution in [0.25, 0.3) is 5.65 Å². The summed E-state index contributed by atoms with van der Waals surface area (Å²) in [5.74, 6) is 0.252. The molecule has 0 aliphatic carbocycles. The first-order valence-corrected chi connectivity index (χ1v) is 9.37. The van der Waals surface area contributed by atoms with Crippen LogP contribution < -0.4 is 10.1 Å². The number of aliphatic hydroxyl groups is 1. The molecule has 0 atom stereocenters. The molecule has 7 heteroatoms. The van der Waals surface area contributed by atoms with Gasteiger partial charge in [-0.3, -0.25) is 4.79 Å². The summed E-state index contributed by atoms with van der Waals surface area (Å²) < 4.78 is 7.55. The molecule has 0 fully saturated rings. The number of carbonyl (C=O) groups is 1. The maximum Gasteiger partial charge on any atom is 0.274 e. The maximum atomic E-state index is 12.6. The first kappa shape index (κ1) is 19.8. The van der Waals surface area contributed by atoms with Crippen molar-refractivity contribution in [3.8, 4) is 5.75 Å². The zero-order valence-corrected chi connectivity index (χ0v) is 16.7. The van der Waals surface area contributed by atoms with Crippen molar-refractivity contribution in [2.75, 3.05) is 11.9 Å². The molecule has 0 radical (unpaired) electrons. The van der Waals surface area contributed by atoms with E-state index >= 15 is 0 Å². The van der Waals surface area contributed by atoms with Crippen LogP contribution in [0.4, 0.5) is 5.69 Å². The molecule has 2 N–H and O–H groups in total. The van der Waals surface area contributed by atoms with E-state index in [4.69, 9.17) is 4.74 Å². The van der Waals surface area contributed by atoms with Crippen molar-refractivity contribution in [2.45, 2.75) is 46.1 Å². The van der Waals surface area contributed by atoms with Crippen LogP contribution in [-0.4, -0.2) is 37.6 Å². The number of hydrogen-bond acceptors (Lipinski definition) is 5. The third-order valence-corrected chi connectivity index (χ3v) is 4.27. The lowest BCUT2D eigenvalue weighted by Crippen LogP contribution is -2.19. The third-order valence-electron chi connectivity index (χ3n) is 4.27. The van der Waals surface area contributed by atoms with Crippen molar-refractivity contribution >= 4 is 17.2 Å². The van der Waals surface area contributed by atoms with Crippen LogP contribution in [0.5, 0.6) is 5.75 Å². The normalized spacial score (nSPS) is 11.6. The zero-order valence-electron chi connectivity index (χ0n) is 16.7. The maximum absolute atomic E-state index is 12.6. The van der Waals surface area contributed by atoms with Gasteiger partial charge in [0.2, 0.25) is 0 Å². The fourth-order valence-corrected chi connectivity index (χ4v) is 2.85. The number of fused-ring (bicyclic) bond motifs is 1. The Morgan fingerprint density at radius 2 is 2.07 bits per heavy atom. The molecule has 0 saturated carbocycles. The highest BCUT2D eigenvalue weighted by Crippen LogP contribution is 2.27. The molecule has 3 aromatic rings. The topological polar surface area (TPSA) is 88.8 Å². The van der Waals surface area contributed by atoms with Crippen molar-refractivity contribution in [2.24, 2.45) is 0 Å². The van der Waals surface area contributed by atoms with Gasteiger partial charge in [0.25, 0.3) is 5.91 Å². The molecule has 7 nitrogen and oxygen atoms in total. The van der Waals surface area contributed by atoms with Crippen LogP contribution >= 0.6 is 0 Å². The molecule has 3 rings (SSSR count). The first-order chi connectivity index (χ1) is 13.2. The summed E-state index contributed by atoms with van der Waals surface area (Å²) in [5, 5.41) is 12.8. The monoisotopic (exact) mass is 382 g/mol. The minimum Gasteiger partial charge on any atom is -0.491 e. The minimum atomic E-state index is -0.744. The molecule has 0 unspecified atom stereocenters. The Morgan fingerprint density at radius 3 is 2.75 bits per heavy atom. The second-order valence-corrected chi connectivity index (χ2v) is 7.41. The number of carbonyl (C=O) groups excluding carboxylic acids is 1. The lowest BCUT2D eigenvalue weighted by Gasteiger charge is -2.15. The SMILES string of the molecule is CCOc1cc2nc(CCC(C)(C)O)cn2cc1NC(=O)c1cccc(C)n1. The molecule has 0 spiro atoms. The smallest absolute Gasteiger partial charge is 0.274 e. The average Bonchev–Trinajstić information content (AvgIpc) is 3.01. The van der Waals surface area contributed by atoms with Crippen LogP contribution in [0.2, 0.25) is 0 Å². The Bertz CT molecular complexity index is 989. The van der Waals surface area contributed by atoms with Gasteiger partial charge >= 0.3 is 0 Å². The highest BCUT2D eigenvalue weighted by molar-refractivity contribution is 6.03. The number of aromatic nitrogens is 3. The van der Waals surface area contributed by atoms with E-state index in [0.29, 0.717) is 36.6 Å². The van der Waals surface area contributed by atoms with E-state index in [1.54, 1.807) is 38.2 Å². The van der Waals surface area contributed by atoms with Crippen LogP contribution in [-0.2, 0) is 6.42 Å². The number of amides is 1. The van der Waals surface area contributed by atoms with Gasteiger partial charge in [0, 0.05) is 24.2 Å². The van der Waals surface area contributed by atoms with Crippen LogP contribution in [0.3, 0.4) is 0 Å². The van der Waals surface area contributed by atoms with E-state index in [9.17, 15) is 9.90 Å². The van der Waals surface area contributed by atoms with Gasteiger partial charge in [-0.05, 0) is 52.7 Å². The fraction of sp³-hybridized carbons (Fsp3) is 0.381. The first-order valence-electron chi connectivity index (χ1n) is 9.37. The van der Waals surface area contributed by atoms with Gasteiger partial charge in [-0.15, -0.1) is 0 Å². The number of pyridine rings is 2. The molecule has 3 aromatic heterocycles. The largest absolute Gasteiger partial charge is 0.491 e. The second kappa shape index (κ2) is 7.98. The molecule has 148 valence electrons. The van der Waals surface area contributed by atoms with E-state index in [2.05, 4.69) is 15.3 Å². The van der Waals surface area contributed by atoms with E-state index in [1.807, 2.05) is 30.5 Å². The molecule has 3 heterocycles. The standard InChI is InChI=1S/C21H26N4O3/c1-5-28-18-11-19-23-15(9-10-21(3,4)27)12-25(19)13-17(18)24-20(26)16-8-6-7-14(2)22-16/h6-8,11-13,27H,5,9-10H2,1-4H3,(H,24,26). The van der Waals surface area contributed by atoms with Crippen molar-refractivity contribution in [1.82, 2.24) is 14.4 Å². The molecular formula is C21H26N4O3. The van der Waals surface area contributed by atoms with E-state index in [0.717, 1.165) is 17.0 Å². The molecule has 0 bridgehead atoms. The van der Waals surface area contributed by atoms with Crippen molar-refractivity contribution in [3.05, 3.63) is 53.7 Å². The van der Waals surface area contributed by atoms with Gasteiger partial charge < -0.3 is 19.6 Å². The molecule has 0 saturated heterocycles. The summed E-state index contributed by atoms with van der Waals surface area (Å²) >= 11 is 0. The van der Waals surface area contributed by atoms with Gasteiger partial charge in [0.05, 0.1) is 17.9 Å². The van der Waals surface area contributed by atoms with Gasteiger partial charge in [-0.2, -0.15) is 0 Å². The summed E-state index contributed by atoms with van der Waals surface area (Å²) in [7, 11) is 0. The lowest BCUT2D eigenvalue weighted by molar-refractivity contribution is 0.0711. The summed E-state index contributed by atoms with van der Waals surface area (Å²) in [5.41, 5.74) is 2.52. The van der Waals surface area contributed by atoms with Gasteiger partial charge in [0.15, 0.2) is 0 Å². The fourth-order valence-electron chi connectivity index (χ4n) is 2.85. The molecular weight excluding hydrogens is 356 g/mol. The van der Waals surface area contributed by atoms with Crippen molar-refractivity contribution < 1.29 is 14.6 Å². The van der Waals surface area contributed by atoms with Gasteiger partial charge in [-0.1, -0.05) is 6.07 Å². The number of nitrogens with zero attached hydrogens (tertiary/aromatic N) is 3. The summed E-state index contributed by atoms with van der Waals surface area (Å²) in [6.45, 7) is 7.76. The highest BCUT2D eigenvalue weighted by Gasteiger charge is 2.16. The summed E-state index contributed by atoms with van der Waals surface area (Å²) in [6.07, 6.45) is 4.95. The van der Waals surface area contributed by atoms with Crippen LogP contribution in [0.15, 0.2) is 36.7 Å². The summed E-state index contributed by atoms with van der Waals surface area (Å²) in [6, 6.07) is 7.12. The quantitative estimate of drug-likeness (QED) is 0.654. The number of anilines is 1. The Hall–Kier alpha value is -2.93. The minimum absolute atomic E-state index is 0.300. The number of ether oxygens (including phenoxy) is 1. The molecule has 0 aromatic carbocycles. The van der Waals surface area contributed by atoms with Crippen LogP contribution in [0, 0.1) is 6.92 Å². The summed E-state index contributed by atoms with van der Waals surface area (Å²) in [4.78, 5) is 21.5. The predicted molar refractivity (Wildman–Crippen MR) is 108 cm³/mol. The highest BCUT2D eigenvalue weighted by atomic mass is 16.5. The van der Waals surface area contributed by atoms with Crippen LogP contribution in [0.1, 0.15) is 49.1 Å². The zero-order chi connectivity index (χ0) is 20.3. The molecule has 0 aliphatic heterocycles. The average molecular weight is 382 g/mol. The Labute approximate surface area is 164 Å². The van der Waals surface area contributed by atoms with E-state index in [1.165, 1.54) is 0 Å². The Morgan fingerprint density at radius 1 is 1.29 bits per heavy atom. The Balaban J connectivity index is 1.89. The molecule has 28 heavy (non-hydrogen) atoms. The van der Waals surface area contributed by atoms with Gasteiger partial charge in [-0.25, -0.2) is 9.97 Å². The van der Waals surface area contributed by atoms with E-state index < -0.39 is 5.60 Å².